The Morgan fingerprint density at radius 3 is 2.85 bits per heavy atom. The van der Waals surface area contributed by atoms with Gasteiger partial charge in [-0.05, 0) is 6.07 Å². The SMILES string of the molecule is CNc1nc(-c2ccc(OC)nn2)nc2c1COCC2. The standard InChI is InChI=1S/C13H15N5O2/c1-14-12-8-7-20-6-5-9(8)15-13(16-12)10-3-4-11(19-2)18-17-10/h3-4H,5-7H2,1-2H3,(H,14,15,16). The summed E-state index contributed by atoms with van der Waals surface area (Å²) in [6, 6.07) is 3.54. The van der Waals surface area contributed by atoms with Gasteiger partial charge in [0.2, 0.25) is 5.88 Å². The molecule has 1 aliphatic rings. The molecule has 104 valence electrons. The minimum atomic E-state index is 0.467. The van der Waals surface area contributed by atoms with Crippen molar-refractivity contribution in [1.82, 2.24) is 20.2 Å². The number of hydrogen-bond donors (Lipinski definition) is 1. The van der Waals surface area contributed by atoms with Crippen LogP contribution in [0, 0.1) is 0 Å². The molecule has 7 heteroatoms. The molecule has 3 rings (SSSR count). The van der Waals surface area contributed by atoms with Crippen molar-refractivity contribution in [2.75, 3.05) is 26.1 Å². The van der Waals surface area contributed by atoms with E-state index in [9.17, 15) is 0 Å². The minimum absolute atomic E-state index is 0.467. The molecule has 0 unspecified atom stereocenters. The number of aromatic nitrogens is 4. The third-order valence-electron chi connectivity index (χ3n) is 3.14. The first-order valence-corrected chi connectivity index (χ1v) is 6.35. The fraction of sp³-hybridized carbons (Fsp3) is 0.385. The molecule has 3 heterocycles. The molecule has 0 atom stereocenters. The second-order valence-corrected chi connectivity index (χ2v) is 4.33. The van der Waals surface area contributed by atoms with Gasteiger partial charge in [0.1, 0.15) is 11.5 Å². The number of nitrogens with zero attached hydrogens (tertiary/aromatic N) is 4. The van der Waals surface area contributed by atoms with Gasteiger partial charge in [-0.25, -0.2) is 9.97 Å². The number of ether oxygens (including phenoxy) is 2. The molecule has 0 aliphatic carbocycles. The molecule has 2 aromatic heterocycles. The predicted molar refractivity (Wildman–Crippen MR) is 72.5 cm³/mol. The van der Waals surface area contributed by atoms with E-state index in [0.29, 0.717) is 30.6 Å². The molecule has 0 radical (unpaired) electrons. The van der Waals surface area contributed by atoms with Crippen LogP contribution < -0.4 is 10.1 Å². The minimum Gasteiger partial charge on any atom is -0.480 e. The van der Waals surface area contributed by atoms with Gasteiger partial charge in [0.05, 0.1) is 26.0 Å². The van der Waals surface area contributed by atoms with Gasteiger partial charge in [0, 0.05) is 25.1 Å². The van der Waals surface area contributed by atoms with Crippen molar-refractivity contribution in [3.63, 3.8) is 0 Å². The van der Waals surface area contributed by atoms with Crippen molar-refractivity contribution >= 4 is 5.82 Å². The molecule has 2 aromatic rings. The van der Waals surface area contributed by atoms with E-state index in [0.717, 1.165) is 23.5 Å². The van der Waals surface area contributed by atoms with E-state index in [1.807, 2.05) is 7.05 Å². The van der Waals surface area contributed by atoms with Crippen LogP contribution in [0.25, 0.3) is 11.5 Å². The molecular weight excluding hydrogens is 258 g/mol. The van der Waals surface area contributed by atoms with Crippen LogP contribution in [0.15, 0.2) is 12.1 Å². The summed E-state index contributed by atoms with van der Waals surface area (Å²) in [5.74, 6) is 1.81. The summed E-state index contributed by atoms with van der Waals surface area (Å²) in [7, 11) is 3.39. The fourth-order valence-electron chi connectivity index (χ4n) is 2.10. The highest BCUT2D eigenvalue weighted by Gasteiger charge is 2.18. The number of hydrogen-bond acceptors (Lipinski definition) is 7. The van der Waals surface area contributed by atoms with Crippen molar-refractivity contribution in [3.8, 4) is 17.4 Å². The molecule has 0 bridgehead atoms. The molecule has 1 N–H and O–H groups in total. The first-order valence-electron chi connectivity index (χ1n) is 6.35. The van der Waals surface area contributed by atoms with Gasteiger partial charge >= 0.3 is 0 Å². The van der Waals surface area contributed by atoms with Gasteiger partial charge in [-0.2, -0.15) is 0 Å². The molecule has 0 amide bonds. The molecule has 20 heavy (non-hydrogen) atoms. The molecule has 1 aliphatic heterocycles. The zero-order valence-corrected chi connectivity index (χ0v) is 11.4. The number of anilines is 1. The lowest BCUT2D eigenvalue weighted by molar-refractivity contribution is 0.109. The van der Waals surface area contributed by atoms with Crippen molar-refractivity contribution in [3.05, 3.63) is 23.4 Å². The van der Waals surface area contributed by atoms with Crippen LogP contribution in [0.5, 0.6) is 5.88 Å². The summed E-state index contributed by atoms with van der Waals surface area (Å²) >= 11 is 0. The van der Waals surface area contributed by atoms with Gasteiger partial charge in [0.15, 0.2) is 5.82 Å². The van der Waals surface area contributed by atoms with Crippen molar-refractivity contribution in [2.45, 2.75) is 13.0 Å². The Labute approximate surface area is 116 Å². The van der Waals surface area contributed by atoms with Gasteiger partial charge in [-0.15, -0.1) is 10.2 Å². The summed E-state index contributed by atoms with van der Waals surface area (Å²) in [6.07, 6.45) is 0.781. The molecule has 0 spiro atoms. The van der Waals surface area contributed by atoms with Gasteiger partial charge in [-0.3, -0.25) is 0 Å². The Morgan fingerprint density at radius 1 is 1.25 bits per heavy atom. The summed E-state index contributed by atoms with van der Waals surface area (Å²) in [5.41, 5.74) is 2.64. The van der Waals surface area contributed by atoms with E-state index >= 15 is 0 Å². The van der Waals surface area contributed by atoms with E-state index in [1.165, 1.54) is 0 Å². The number of methoxy groups -OCH3 is 1. The maximum atomic E-state index is 5.45. The number of rotatable bonds is 3. The zero-order valence-electron chi connectivity index (χ0n) is 11.4. The summed E-state index contributed by atoms with van der Waals surface area (Å²) in [6.45, 7) is 1.22. The summed E-state index contributed by atoms with van der Waals surface area (Å²) < 4.78 is 10.4. The van der Waals surface area contributed by atoms with Crippen molar-refractivity contribution < 1.29 is 9.47 Å². The van der Waals surface area contributed by atoms with E-state index < -0.39 is 0 Å². The van der Waals surface area contributed by atoms with E-state index in [-0.39, 0.29) is 0 Å². The van der Waals surface area contributed by atoms with Crippen molar-refractivity contribution in [1.29, 1.82) is 0 Å². The van der Waals surface area contributed by atoms with E-state index in [4.69, 9.17) is 9.47 Å². The lowest BCUT2D eigenvalue weighted by atomic mass is 10.1. The van der Waals surface area contributed by atoms with Crippen LogP contribution in [-0.2, 0) is 17.8 Å². The Morgan fingerprint density at radius 2 is 2.15 bits per heavy atom. The quantitative estimate of drug-likeness (QED) is 0.895. The predicted octanol–water partition coefficient (Wildman–Crippen LogP) is 1.06. The molecule has 0 fully saturated rings. The Bertz CT molecular complexity index is 598. The van der Waals surface area contributed by atoms with Crippen molar-refractivity contribution in [2.24, 2.45) is 0 Å². The topological polar surface area (TPSA) is 82.1 Å². The molecule has 0 saturated carbocycles. The average molecular weight is 273 g/mol. The smallest absolute Gasteiger partial charge is 0.233 e. The maximum absolute atomic E-state index is 5.45. The first-order chi connectivity index (χ1) is 9.81. The van der Waals surface area contributed by atoms with Crippen LogP contribution in [0.4, 0.5) is 5.82 Å². The summed E-state index contributed by atoms with van der Waals surface area (Å²) in [4.78, 5) is 9.06. The number of fused-ring (bicyclic) bond motifs is 1. The second kappa shape index (κ2) is 5.38. The lowest BCUT2D eigenvalue weighted by Crippen LogP contribution is -2.16. The Balaban J connectivity index is 2.04. The highest BCUT2D eigenvalue weighted by molar-refractivity contribution is 5.56. The highest BCUT2D eigenvalue weighted by atomic mass is 16.5. The average Bonchev–Trinajstić information content (AvgIpc) is 2.54. The van der Waals surface area contributed by atoms with Crippen LogP contribution in [0.2, 0.25) is 0 Å². The van der Waals surface area contributed by atoms with Crippen LogP contribution >= 0.6 is 0 Å². The Hall–Kier alpha value is -2.28. The molecular formula is C13H15N5O2. The highest BCUT2D eigenvalue weighted by Crippen LogP contribution is 2.25. The third kappa shape index (κ3) is 2.27. The third-order valence-corrected chi connectivity index (χ3v) is 3.14. The van der Waals surface area contributed by atoms with Gasteiger partial charge < -0.3 is 14.8 Å². The first kappa shape index (κ1) is 12.7. The van der Waals surface area contributed by atoms with Crippen LogP contribution in [0.1, 0.15) is 11.3 Å². The van der Waals surface area contributed by atoms with E-state index in [1.54, 1.807) is 19.2 Å². The second-order valence-electron chi connectivity index (χ2n) is 4.33. The Kier molecular flexibility index (Phi) is 3.42. The maximum Gasteiger partial charge on any atom is 0.233 e. The van der Waals surface area contributed by atoms with Gasteiger partial charge in [-0.1, -0.05) is 0 Å². The fourth-order valence-corrected chi connectivity index (χ4v) is 2.10. The summed E-state index contributed by atoms with van der Waals surface area (Å²) in [5, 5.41) is 11.1. The lowest BCUT2D eigenvalue weighted by Gasteiger charge is -2.19. The zero-order chi connectivity index (χ0) is 13.9. The largest absolute Gasteiger partial charge is 0.480 e. The van der Waals surface area contributed by atoms with Gasteiger partial charge in [0.25, 0.3) is 0 Å². The molecule has 0 saturated heterocycles. The monoisotopic (exact) mass is 273 g/mol. The molecule has 7 nitrogen and oxygen atoms in total. The molecule has 0 aromatic carbocycles. The van der Waals surface area contributed by atoms with Crippen LogP contribution in [-0.4, -0.2) is 40.9 Å². The van der Waals surface area contributed by atoms with E-state index in [2.05, 4.69) is 25.5 Å². The van der Waals surface area contributed by atoms with Crippen LogP contribution in [0.3, 0.4) is 0 Å². The number of nitrogens with one attached hydrogen (secondary N) is 1. The normalized spacial score (nSPS) is 13.7.